The first-order valence-electron chi connectivity index (χ1n) is 14.1. The van der Waals surface area contributed by atoms with Crippen LogP contribution >= 0.6 is 0 Å². The second-order valence-electron chi connectivity index (χ2n) is 10.8. The Morgan fingerprint density at radius 1 is 0.974 bits per heavy atom. The number of nitrogens with zero attached hydrogens (tertiary/aromatic N) is 2. The number of pyridine rings is 1. The molecule has 0 spiro atoms. The van der Waals surface area contributed by atoms with Crippen LogP contribution in [-0.4, -0.2) is 54.0 Å². The van der Waals surface area contributed by atoms with Crippen molar-refractivity contribution in [1.82, 2.24) is 15.2 Å². The Morgan fingerprint density at radius 2 is 1.59 bits per heavy atom. The fraction of sp³-hybridized carbons (Fsp3) is 0.394. The van der Waals surface area contributed by atoms with Gasteiger partial charge in [0.1, 0.15) is 5.78 Å². The van der Waals surface area contributed by atoms with Crippen LogP contribution in [0.5, 0.6) is 0 Å². The van der Waals surface area contributed by atoms with Gasteiger partial charge in [-0.1, -0.05) is 80.6 Å². The van der Waals surface area contributed by atoms with Gasteiger partial charge in [0.25, 0.3) is 0 Å². The summed E-state index contributed by atoms with van der Waals surface area (Å²) in [6.07, 6.45) is 7.86. The number of aromatic nitrogens is 1. The molecular weight excluding hydrogens is 484 g/mol. The summed E-state index contributed by atoms with van der Waals surface area (Å²) >= 11 is 0. The van der Waals surface area contributed by atoms with E-state index in [1.807, 2.05) is 80.7 Å². The minimum atomic E-state index is -0.517. The summed E-state index contributed by atoms with van der Waals surface area (Å²) in [5.41, 5.74) is 3.99. The minimum absolute atomic E-state index is 0.0395. The summed E-state index contributed by atoms with van der Waals surface area (Å²) in [4.78, 5) is 32.6. The molecule has 2 N–H and O–H groups in total. The van der Waals surface area contributed by atoms with Crippen molar-refractivity contribution in [2.75, 3.05) is 26.2 Å². The molecule has 6 heteroatoms. The van der Waals surface area contributed by atoms with Crippen LogP contribution < -0.4 is 5.32 Å². The number of hydrogen-bond acceptors (Lipinski definition) is 5. The van der Waals surface area contributed by atoms with E-state index in [0.717, 1.165) is 61.2 Å². The minimum Gasteiger partial charge on any atom is -0.355 e. The number of ketones is 1. The molecule has 1 amide bonds. The Balaban J connectivity index is 1.26. The molecule has 1 aromatic heterocycles. The number of likely N-dealkylation sites (tertiary alicyclic amines) is 1. The molecule has 0 saturated carbocycles. The molecule has 1 fully saturated rings. The zero-order chi connectivity index (χ0) is 27.6. The fourth-order valence-corrected chi connectivity index (χ4v) is 5.46. The number of rotatable bonds is 12. The number of Topliss-reactive ketones (excluding diaryl/α,β-unsaturated/α-hetero) is 1. The van der Waals surface area contributed by atoms with Crippen LogP contribution in [-0.2, 0) is 9.59 Å². The maximum atomic E-state index is 13.2. The van der Waals surface area contributed by atoms with Crippen molar-refractivity contribution >= 4 is 17.9 Å². The summed E-state index contributed by atoms with van der Waals surface area (Å²) < 4.78 is 0. The second-order valence-corrected chi connectivity index (χ2v) is 10.8. The van der Waals surface area contributed by atoms with Crippen LogP contribution in [0.3, 0.4) is 0 Å². The lowest BCUT2D eigenvalue weighted by Gasteiger charge is -2.32. The third-order valence-electron chi connectivity index (χ3n) is 7.72. The topological polar surface area (TPSA) is 86.2 Å². The van der Waals surface area contributed by atoms with Crippen molar-refractivity contribution < 1.29 is 9.59 Å². The average molecular weight is 525 g/mol. The molecule has 0 aliphatic carbocycles. The van der Waals surface area contributed by atoms with Crippen molar-refractivity contribution in [1.29, 1.82) is 5.41 Å². The van der Waals surface area contributed by atoms with Crippen LogP contribution in [0.1, 0.15) is 73.1 Å². The first kappa shape index (κ1) is 28.4. The van der Waals surface area contributed by atoms with E-state index in [2.05, 4.69) is 21.3 Å². The van der Waals surface area contributed by atoms with Crippen molar-refractivity contribution in [2.24, 2.45) is 5.92 Å². The van der Waals surface area contributed by atoms with E-state index >= 15 is 0 Å². The van der Waals surface area contributed by atoms with E-state index in [1.165, 1.54) is 6.21 Å². The molecule has 0 bridgehead atoms. The molecule has 39 heavy (non-hydrogen) atoms. The van der Waals surface area contributed by atoms with Gasteiger partial charge in [0.15, 0.2) is 0 Å². The van der Waals surface area contributed by atoms with E-state index in [1.54, 1.807) is 6.20 Å². The number of carbonyl (C=O) groups is 2. The molecule has 1 atom stereocenters. The van der Waals surface area contributed by atoms with Crippen LogP contribution in [0, 0.1) is 11.3 Å². The molecule has 0 radical (unpaired) electrons. The summed E-state index contributed by atoms with van der Waals surface area (Å²) in [6, 6.07) is 22.0. The van der Waals surface area contributed by atoms with Crippen LogP contribution in [0.25, 0.3) is 0 Å². The third kappa shape index (κ3) is 7.48. The lowest BCUT2D eigenvalue weighted by Crippen LogP contribution is -2.36. The predicted octanol–water partition coefficient (Wildman–Crippen LogP) is 5.56. The van der Waals surface area contributed by atoms with Gasteiger partial charge in [0.05, 0.1) is 11.8 Å². The number of amides is 1. The van der Waals surface area contributed by atoms with Crippen molar-refractivity contribution in [3.05, 3.63) is 101 Å². The Hall–Kier alpha value is -3.64. The molecule has 204 valence electrons. The molecule has 3 aromatic rings. The highest BCUT2D eigenvalue weighted by molar-refractivity contribution is 6.00. The maximum Gasteiger partial charge on any atom is 0.232 e. The van der Waals surface area contributed by atoms with Gasteiger partial charge in [-0.2, -0.15) is 0 Å². The van der Waals surface area contributed by atoms with E-state index in [0.29, 0.717) is 12.5 Å². The largest absolute Gasteiger partial charge is 0.355 e. The Kier molecular flexibility index (Phi) is 10.1. The van der Waals surface area contributed by atoms with Gasteiger partial charge < -0.3 is 15.6 Å². The van der Waals surface area contributed by atoms with Gasteiger partial charge >= 0.3 is 0 Å². The highest BCUT2D eigenvalue weighted by Gasteiger charge is 2.25. The molecule has 1 saturated heterocycles. The summed E-state index contributed by atoms with van der Waals surface area (Å²) in [7, 11) is 0. The SMILES string of the molecule is CC(C)C(=O)C(C=N)c1cncc(C2CCN(CCCNC(=O)C(c3ccccc3)c3ccccc3)CC2)c1. The highest BCUT2D eigenvalue weighted by atomic mass is 16.2. The number of nitrogens with one attached hydrogen (secondary N) is 2. The lowest BCUT2D eigenvalue weighted by molar-refractivity contribution is -0.122. The number of hydrogen-bond donors (Lipinski definition) is 2. The number of carbonyl (C=O) groups excluding carboxylic acids is 2. The van der Waals surface area contributed by atoms with E-state index < -0.39 is 5.92 Å². The van der Waals surface area contributed by atoms with E-state index in [-0.39, 0.29) is 23.5 Å². The zero-order valence-corrected chi connectivity index (χ0v) is 23.1. The van der Waals surface area contributed by atoms with Crippen molar-refractivity contribution in [3.63, 3.8) is 0 Å². The Labute approximate surface area is 232 Å². The van der Waals surface area contributed by atoms with Crippen LogP contribution in [0.4, 0.5) is 0 Å². The smallest absolute Gasteiger partial charge is 0.232 e. The van der Waals surface area contributed by atoms with E-state index in [4.69, 9.17) is 5.41 Å². The quantitative estimate of drug-likeness (QED) is 0.240. The molecule has 1 unspecified atom stereocenters. The monoisotopic (exact) mass is 524 g/mol. The molecule has 2 heterocycles. The van der Waals surface area contributed by atoms with Crippen molar-refractivity contribution in [3.8, 4) is 0 Å². The van der Waals surface area contributed by atoms with Crippen LogP contribution in [0.2, 0.25) is 0 Å². The third-order valence-corrected chi connectivity index (χ3v) is 7.72. The molecular formula is C33H40N4O2. The van der Waals surface area contributed by atoms with Crippen molar-refractivity contribution in [2.45, 2.75) is 50.9 Å². The van der Waals surface area contributed by atoms with Crippen LogP contribution in [0.15, 0.2) is 79.1 Å². The zero-order valence-electron chi connectivity index (χ0n) is 23.1. The van der Waals surface area contributed by atoms with Gasteiger partial charge in [-0.05, 0) is 67.1 Å². The van der Waals surface area contributed by atoms with Gasteiger partial charge in [0, 0.05) is 31.1 Å². The Bertz CT molecular complexity index is 1180. The standard InChI is InChI=1S/C33H40N4O2/c1-24(2)32(38)30(21-34)29-20-28(22-35-23-29)25-14-18-37(19-15-25)17-9-16-36-33(39)31(26-10-5-3-6-11-26)27-12-7-4-8-13-27/h3-8,10-13,20-25,30-31,34H,9,14-19H2,1-2H3,(H,36,39). The average Bonchev–Trinajstić information content (AvgIpc) is 2.97. The molecule has 6 nitrogen and oxygen atoms in total. The summed E-state index contributed by atoms with van der Waals surface area (Å²) in [5.74, 6) is -0.434. The summed E-state index contributed by atoms with van der Waals surface area (Å²) in [6.45, 7) is 7.35. The first-order chi connectivity index (χ1) is 19.0. The number of piperidine rings is 1. The second kappa shape index (κ2) is 13.9. The van der Waals surface area contributed by atoms with Gasteiger partial charge in [0.2, 0.25) is 5.91 Å². The number of benzene rings is 2. The molecule has 1 aliphatic heterocycles. The Morgan fingerprint density at radius 3 is 2.15 bits per heavy atom. The highest BCUT2D eigenvalue weighted by Crippen LogP contribution is 2.30. The molecule has 1 aliphatic rings. The molecule has 2 aromatic carbocycles. The maximum absolute atomic E-state index is 13.2. The normalized spacial score (nSPS) is 15.3. The van der Waals surface area contributed by atoms with Gasteiger partial charge in [-0.15, -0.1) is 0 Å². The lowest BCUT2D eigenvalue weighted by atomic mass is 9.86. The fourth-order valence-electron chi connectivity index (χ4n) is 5.46. The summed E-state index contributed by atoms with van der Waals surface area (Å²) in [5, 5.41) is 10.9. The first-order valence-corrected chi connectivity index (χ1v) is 14.1. The van der Waals surface area contributed by atoms with Gasteiger partial charge in [-0.3, -0.25) is 14.6 Å². The molecule has 4 rings (SSSR count). The van der Waals surface area contributed by atoms with Gasteiger partial charge in [-0.25, -0.2) is 0 Å². The predicted molar refractivity (Wildman–Crippen MR) is 156 cm³/mol. The van der Waals surface area contributed by atoms with E-state index in [9.17, 15) is 9.59 Å².